The Morgan fingerprint density at radius 3 is 2.79 bits per heavy atom. The van der Waals surface area contributed by atoms with Crippen LogP contribution in [0, 0.1) is 0 Å². The fourth-order valence-electron chi connectivity index (χ4n) is 1.43. The van der Waals surface area contributed by atoms with Crippen molar-refractivity contribution in [3.05, 3.63) is 28.8 Å². The van der Waals surface area contributed by atoms with Gasteiger partial charge in [-0.05, 0) is 31.0 Å². The van der Waals surface area contributed by atoms with Crippen molar-refractivity contribution in [2.45, 2.75) is 32.7 Å². The number of halogens is 1. The largest absolute Gasteiger partial charge is 0.480 e. The van der Waals surface area contributed by atoms with E-state index in [2.05, 4.69) is 0 Å². The summed E-state index contributed by atoms with van der Waals surface area (Å²) in [6.07, 6.45) is 1.84. The maximum Gasteiger partial charge on any atom is 0.344 e. The number of carbonyl (C=O) groups excluding carboxylic acids is 1. The van der Waals surface area contributed by atoms with Crippen LogP contribution in [-0.4, -0.2) is 19.2 Å². The van der Waals surface area contributed by atoms with Gasteiger partial charge in [0.25, 0.3) is 0 Å². The van der Waals surface area contributed by atoms with Crippen LogP contribution in [0.1, 0.15) is 38.3 Å². The maximum absolute atomic E-state index is 11.4. The summed E-state index contributed by atoms with van der Waals surface area (Å²) in [5.41, 5.74) is 6.67. The van der Waals surface area contributed by atoms with E-state index in [1.807, 2.05) is 19.9 Å². The average molecular weight is 286 g/mol. The van der Waals surface area contributed by atoms with E-state index < -0.39 is 0 Å². The summed E-state index contributed by atoms with van der Waals surface area (Å²) in [6, 6.07) is 5.18. The molecule has 0 fully saturated rings. The van der Waals surface area contributed by atoms with Gasteiger partial charge in [-0.3, -0.25) is 0 Å². The Morgan fingerprint density at radius 2 is 2.21 bits per heavy atom. The third-order valence-electron chi connectivity index (χ3n) is 2.59. The van der Waals surface area contributed by atoms with E-state index in [0.29, 0.717) is 17.4 Å². The topological polar surface area (TPSA) is 61.5 Å². The van der Waals surface area contributed by atoms with Gasteiger partial charge < -0.3 is 15.2 Å². The molecule has 0 amide bonds. The molecule has 0 radical (unpaired) electrons. The number of benzene rings is 1. The molecule has 0 aromatic heterocycles. The van der Waals surface area contributed by atoms with E-state index in [1.165, 1.54) is 0 Å². The first kappa shape index (κ1) is 15.8. The molecule has 1 aromatic rings. The second kappa shape index (κ2) is 8.02. The second-order valence-electron chi connectivity index (χ2n) is 4.34. The lowest BCUT2D eigenvalue weighted by molar-refractivity contribution is -0.146. The Bertz CT molecular complexity index is 421. The molecule has 1 rings (SSSR count). The number of rotatable bonds is 7. The number of ether oxygens (including phenoxy) is 2. The van der Waals surface area contributed by atoms with Crippen LogP contribution in [0.2, 0.25) is 5.02 Å². The third-order valence-corrected chi connectivity index (χ3v) is 2.88. The summed E-state index contributed by atoms with van der Waals surface area (Å²) in [5.74, 6) is 0.0688. The number of hydrogen-bond donors (Lipinski definition) is 1. The highest BCUT2D eigenvalue weighted by Gasteiger charge is 2.09. The van der Waals surface area contributed by atoms with Gasteiger partial charge in [0.1, 0.15) is 5.75 Å². The zero-order valence-corrected chi connectivity index (χ0v) is 12.1. The minimum Gasteiger partial charge on any atom is -0.480 e. The lowest BCUT2D eigenvalue weighted by atomic mass is 10.1. The Hall–Kier alpha value is -1.26. The van der Waals surface area contributed by atoms with E-state index in [-0.39, 0.29) is 18.6 Å². The highest BCUT2D eigenvalue weighted by molar-refractivity contribution is 6.32. The normalized spacial score (nSPS) is 12.0. The van der Waals surface area contributed by atoms with Crippen molar-refractivity contribution >= 4 is 17.6 Å². The van der Waals surface area contributed by atoms with Crippen molar-refractivity contribution in [3.8, 4) is 5.75 Å². The molecule has 0 aliphatic heterocycles. The number of hydrogen-bond acceptors (Lipinski definition) is 4. The summed E-state index contributed by atoms with van der Waals surface area (Å²) in [5, 5.41) is 0.441. The molecule has 0 bridgehead atoms. The summed E-state index contributed by atoms with van der Waals surface area (Å²) >= 11 is 6.05. The molecule has 0 spiro atoms. The molecule has 0 heterocycles. The van der Waals surface area contributed by atoms with Crippen molar-refractivity contribution in [2.24, 2.45) is 5.73 Å². The zero-order chi connectivity index (χ0) is 14.3. The maximum atomic E-state index is 11.4. The smallest absolute Gasteiger partial charge is 0.344 e. The molecule has 1 unspecified atom stereocenters. The molecule has 1 aromatic carbocycles. The van der Waals surface area contributed by atoms with Crippen LogP contribution < -0.4 is 10.5 Å². The Labute approximate surface area is 118 Å². The van der Waals surface area contributed by atoms with E-state index in [9.17, 15) is 4.79 Å². The molecule has 4 nitrogen and oxygen atoms in total. The molecule has 106 valence electrons. The molecular weight excluding hydrogens is 266 g/mol. The number of nitrogens with two attached hydrogens (primary N) is 1. The van der Waals surface area contributed by atoms with Crippen LogP contribution >= 0.6 is 11.6 Å². The van der Waals surface area contributed by atoms with Gasteiger partial charge in [-0.1, -0.05) is 31.0 Å². The molecule has 0 saturated carbocycles. The van der Waals surface area contributed by atoms with Crippen LogP contribution in [-0.2, 0) is 9.53 Å². The Morgan fingerprint density at radius 1 is 1.47 bits per heavy atom. The van der Waals surface area contributed by atoms with Gasteiger partial charge in [-0.25, -0.2) is 4.79 Å². The first-order chi connectivity index (χ1) is 9.04. The van der Waals surface area contributed by atoms with Crippen LogP contribution in [0.4, 0.5) is 0 Å². The number of carbonyl (C=O) groups is 1. The van der Waals surface area contributed by atoms with Gasteiger partial charge in [-0.2, -0.15) is 0 Å². The first-order valence-electron chi connectivity index (χ1n) is 6.38. The highest BCUT2D eigenvalue weighted by Crippen LogP contribution is 2.27. The second-order valence-corrected chi connectivity index (χ2v) is 4.75. The van der Waals surface area contributed by atoms with Gasteiger partial charge in [-0.15, -0.1) is 0 Å². The quantitative estimate of drug-likeness (QED) is 0.618. The SMILES string of the molecule is CCCCOC(=O)COc1ccc(C(C)N)cc1Cl. The lowest BCUT2D eigenvalue weighted by Crippen LogP contribution is -2.15. The van der Waals surface area contributed by atoms with E-state index in [1.54, 1.807) is 12.1 Å². The lowest BCUT2D eigenvalue weighted by Gasteiger charge is -2.11. The minimum atomic E-state index is -0.388. The van der Waals surface area contributed by atoms with Crippen LogP contribution in [0.25, 0.3) is 0 Å². The molecule has 19 heavy (non-hydrogen) atoms. The summed E-state index contributed by atoms with van der Waals surface area (Å²) in [6.45, 7) is 4.19. The highest BCUT2D eigenvalue weighted by atomic mass is 35.5. The molecule has 5 heteroatoms. The van der Waals surface area contributed by atoms with Gasteiger partial charge in [0, 0.05) is 6.04 Å². The predicted octanol–water partition coefficient (Wildman–Crippen LogP) is 3.08. The van der Waals surface area contributed by atoms with Crippen molar-refractivity contribution in [1.82, 2.24) is 0 Å². The van der Waals surface area contributed by atoms with Crippen LogP contribution in [0.15, 0.2) is 18.2 Å². The monoisotopic (exact) mass is 285 g/mol. The average Bonchev–Trinajstić information content (AvgIpc) is 2.37. The molecule has 2 N–H and O–H groups in total. The Kier molecular flexibility index (Phi) is 6.67. The summed E-state index contributed by atoms with van der Waals surface area (Å²) in [4.78, 5) is 11.4. The van der Waals surface area contributed by atoms with Crippen molar-refractivity contribution in [2.75, 3.05) is 13.2 Å². The van der Waals surface area contributed by atoms with Gasteiger partial charge >= 0.3 is 5.97 Å². The van der Waals surface area contributed by atoms with Crippen LogP contribution in [0.5, 0.6) is 5.75 Å². The van der Waals surface area contributed by atoms with E-state index >= 15 is 0 Å². The summed E-state index contributed by atoms with van der Waals surface area (Å²) in [7, 11) is 0. The fourth-order valence-corrected chi connectivity index (χ4v) is 1.67. The van der Waals surface area contributed by atoms with Crippen LogP contribution in [0.3, 0.4) is 0 Å². The van der Waals surface area contributed by atoms with Crippen molar-refractivity contribution < 1.29 is 14.3 Å². The van der Waals surface area contributed by atoms with Gasteiger partial charge in [0.2, 0.25) is 0 Å². The standard InChI is InChI=1S/C14H20ClNO3/c1-3-4-7-18-14(17)9-19-13-6-5-11(10(2)16)8-12(13)15/h5-6,8,10H,3-4,7,9,16H2,1-2H3. The summed E-state index contributed by atoms with van der Waals surface area (Å²) < 4.78 is 10.3. The molecule has 0 saturated heterocycles. The number of unbranched alkanes of at least 4 members (excludes halogenated alkanes) is 1. The molecule has 1 atom stereocenters. The first-order valence-corrected chi connectivity index (χ1v) is 6.75. The molecular formula is C14H20ClNO3. The zero-order valence-electron chi connectivity index (χ0n) is 11.3. The van der Waals surface area contributed by atoms with Crippen molar-refractivity contribution in [1.29, 1.82) is 0 Å². The van der Waals surface area contributed by atoms with E-state index in [4.69, 9.17) is 26.8 Å². The van der Waals surface area contributed by atoms with Gasteiger partial charge in [0.15, 0.2) is 6.61 Å². The predicted molar refractivity (Wildman–Crippen MR) is 75.4 cm³/mol. The van der Waals surface area contributed by atoms with Crippen molar-refractivity contribution in [3.63, 3.8) is 0 Å². The minimum absolute atomic E-state index is 0.0921. The number of esters is 1. The fraction of sp³-hybridized carbons (Fsp3) is 0.500. The van der Waals surface area contributed by atoms with E-state index in [0.717, 1.165) is 18.4 Å². The molecule has 0 aliphatic rings. The van der Waals surface area contributed by atoms with Gasteiger partial charge in [0.05, 0.1) is 11.6 Å². The third kappa shape index (κ3) is 5.49. The molecule has 0 aliphatic carbocycles. The Balaban J connectivity index is 2.47.